The molecule has 0 atom stereocenters. The molecule has 6 aromatic carbocycles. The van der Waals surface area contributed by atoms with Gasteiger partial charge in [-0.3, -0.25) is 4.57 Å². The van der Waals surface area contributed by atoms with Crippen LogP contribution in [0.2, 0.25) is 0 Å². The first-order valence-corrected chi connectivity index (χ1v) is 16.5. The number of hydrogen-bond acceptors (Lipinski definition) is 2. The van der Waals surface area contributed by atoms with Crippen LogP contribution >= 0.6 is 0 Å². The highest BCUT2D eigenvalue weighted by Gasteiger charge is 2.21. The number of para-hydroxylation sites is 3. The topological polar surface area (TPSA) is 40.6 Å². The number of benzene rings is 6. The van der Waals surface area contributed by atoms with Gasteiger partial charge in [0.2, 0.25) is 5.95 Å². The lowest BCUT2D eigenvalue weighted by Gasteiger charge is -2.13. The highest BCUT2D eigenvalue weighted by Crippen LogP contribution is 2.38. The lowest BCUT2D eigenvalue weighted by atomic mass is 10.0. The third-order valence-corrected chi connectivity index (χ3v) is 9.57. The van der Waals surface area contributed by atoms with Crippen LogP contribution in [0.25, 0.3) is 83.4 Å². The van der Waals surface area contributed by atoms with E-state index in [0.29, 0.717) is 5.95 Å². The Balaban J connectivity index is 1.27. The van der Waals surface area contributed by atoms with E-state index in [2.05, 4.69) is 178 Å². The van der Waals surface area contributed by atoms with Crippen LogP contribution in [0.4, 0.5) is 0 Å². The van der Waals surface area contributed by atoms with Crippen molar-refractivity contribution < 1.29 is 0 Å². The van der Waals surface area contributed by atoms with Gasteiger partial charge in [-0.15, -0.1) is 0 Å². The van der Waals surface area contributed by atoms with E-state index in [-0.39, 0.29) is 0 Å². The van der Waals surface area contributed by atoms with E-state index in [9.17, 15) is 0 Å². The summed E-state index contributed by atoms with van der Waals surface area (Å²) < 4.78 is 6.67. The first kappa shape index (κ1) is 27.4. The standard InChI is InChI=1S/C44H29N5/c1-4-12-30(13-5-1)31-20-22-32(23-21-31)41-38-27-29-48(34-16-8-3-9-17-34)43(38)46-44(45-41)49-40-19-11-10-18-35(40)36-24-25-39-37(42(36)49)26-28-47(39)33-14-6-2-7-15-33/h1-29H. The summed E-state index contributed by atoms with van der Waals surface area (Å²) >= 11 is 0. The van der Waals surface area contributed by atoms with Crippen molar-refractivity contribution in [1.29, 1.82) is 0 Å². The molecule has 0 saturated carbocycles. The second-order valence-electron chi connectivity index (χ2n) is 12.3. The lowest BCUT2D eigenvalue weighted by Crippen LogP contribution is -2.05. The Morgan fingerprint density at radius 3 is 1.71 bits per heavy atom. The molecule has 0 aliphatic carbocycles. The number of hydrogen-bond donors (Lipinski definition) is 0. The molecule has 0 saturated heterocycles. The monoisotopic (exact) mass is 627 g/mol. The minimum absolute atomic E-state index is 0.636. The van der Waals surface area contributed by atoms with E-state index in [0.717, 1.165) is 55.6 Å². The van der Waals surface area contributed by atoms with Gasteiger partial charge in [0.15, 0.2) is 5.65 Å². The molecule has 4 heterocycles. The van der Waals surface area contributed by atoms with Crippen molar-refractivity contribution in [3.05, 3.63) is 176 Å². The van der Waals surface area contributed by atoms with Crippen molar-refractivity contribution in [3.8, 4) is 39.7 Å². The molecule has 5 heteroatoms. The fraction of sp³-hybridized carbons (Fsp3) is 0. The molecule has 4 aromatic heterocycles. The largest absolute Gasteiger partial charge is 0.316 e. The third kappa shape index (κ3) is 4.33. The van der Waals surface area contributed by atoms with E-state index in [1.165, 1.54) is 21.9 Å². The van der Waals surface area contributed by atoms with E-state index in [4.69, 9.17) is 9.97 Å². The summed E-state index contributed by atoms with van der Waals surface area (Å²) in [5, 5.41) is 4.49. The maximum atomic E-state index is 5.43. The van der Waals surface area contributed by atoms with Crippen LogP contribution in [0.1, 0.15) is 0 Å². The van der Waals surface area contributed by atoms with Crippen molar-refractivity contribution >= 4 is 43.7 Å². The molecular weight excluding hydrogens is 599 g/mol. The molecule has 0 aliphatic heterocycles. The Morgan fingerprint density at radius 1 is 0.367 bits per heavy atom. The summed E-state index contributed by atoms with van der Waals surface area (Å²) in [5.41, 5.74) is 10.6. The molecule has 10 rings (SSSR count). The smallest absolute Gasteiger partial charge is 0.237 e. The molecule has 0 unspecified atom stereocenters. The molecule has 10 aromatic rings. The molecular formula is C44H29N5. The first-order valence-electron chi connectivity index (χ1n) is 16.5. The quantitative estimate of drug-likeness (QED) is 0.190. The summed E-state index contributed by atoms with van der Waals surface area (Å²) in [6.07, 6.45) is 4.26. The van der Waals surface area contributed by atoms with Crippen molar-refractivity contribution in [2.24, 2.45) is 0 Å². The SMILES string of the molecule is c1ccc(-c2ccc(-c3nc(-n4c5ccccc5c5ccc6c(ccn6-c6ccccc6)c54)nc4c3ccn4-c3ccccc3)cc2)cc1. The normalized spacial score (nSPS) is 11.7. The minimum atomic E-state index is 0.636. The van der Waals surface area contributed by atoms with Gasteiger partial charge in [-0.2, -0.15) is 4.98 Å². The van der Waals surface area contributed by atoms with Crippen LogP contribution in [-0.2, 0) is 0 Å². The molecule has 230 valence electrons. The number of aromatic nitrogens is 5. The van der Waals surface area contributed by atoms with E-state index in [1.54, 1.807) is 0 Å². The summed E-state index contributed by atoms with van der Waals surface area (Å²) in [4.78, 5) is 10.8. The predicted molar refractivity (Wildman–Crippen MR) is 201 cm³/mol. The molecule has 0 bridgehead atoms. The fourth-order valence-corrected chi connectivity index (χ4v) is 7.27. The van der Waals surface area contributed by atoms with Crippen LogP contribution in [0, 0.1) is 0 Å². The predicted octanol–water partition coefficient (Wildman–Crippen LogP) is 10.8. The van der Waals surface area contributed by atoms with Gasteiger partial charge >= 0.3 is 0 Å². The van der Waals surface area contributed by atoms with Crippen LogP contribution in [0.5, 0.6) is 0 Å². The molecule has 5 nitrogen and oxygen atoms in total. The molecule has 49 heavy (non-hydrogen) atoms. The molecule has 0 amide bonds. The average molecular weight is 628 g/mol. The van der Waals surface area contributed by atoms with Gasteiger partial charge < -0.3 is 9.13 Å². The van der Waals surface area contributed by atoms with Crippen molar-refractivity contribution in [1.82, 2.24) is 23.7 Å². The molecule has 0 aliphatic rings. The molecule has 0 radical (unpaired) electrons. The van der Waals surface area contributed by atoms with Crippen LogP contribution in [0.3, 0.4) is 0 Å². The van der Waals surface area contributed by atoms with Crippen LogP contribution < -0.4 is 0 Å². The van der Waals surface area contributed by atoms with Crippen LogP contribution in [-0.4, -0.2) is 23.7 Å². The van der Waals surface area contributed by atoms with E-state index < -0.39 is 0 Å². The summed E-state index contributed by atoms with van der Waals surface area (Å²) in [6.45, 7) is 0. The van der Waals surface area contributed by atoms with Gasteiger partial charge in [0.25, 0.3) is 0 Å². The van der Waals surface area contributed by atoms with E-state index in [1.807, 2.05) is 12.1 Å². The third-order valence-electron chi connectivity index (χ3n) is 9.57. The first-order chi connectivity index (χ1) is 24.3. The summed E-state index contributed by atoms with van der Waals surface area (Å²) in [6, 6.07) is 57.5. The maximum absolute atomic E-state index is 5.43. The van der Waals surface area contributed by atoms with E-state index >= 15 is 0 Å². The average Bonchev–Trinajstić information content (AvgIpc) is 3.90. The van der Waals surface area contributed by atoms with Crippen molar-refractivity contribution in [3.63, 3.8) is 0 Å². The van der Waals surface area contributed by atoms with Gasteiger partial charge in [0.1, 0.15) is 0 Å². The zero-order valence-corrected chi connectivity index (χ0v) is 26.5. The lowest BCUT2D eigenvalue weighted by molar-refractivity contribution is 0.990. The fourth-order valence-electron chi connectivity index (χ4n) is 7.27. The maximum Gasteiger partial charge on any atom is 0.237 e. The Kier molecular flexibility index (Phi) is 6.11. The zero-order valence-electron chi connectivity index (χ0n) is 26.5. The second-order valence-corrected chi connectivity index (χ2v) is 12.3. The van der Waals surface area contributed by atoms with Crippen molar-refractivity contribution in [2.75, 3.05) is 0 Å². The van der Waals surface area contributed by atoms with Crippen LogP contribution in [0.15, 0.2) is 176 Å². The Hall–Kier alpha value is -6.72. The van der Waals surface area contributed by atoms with Gasteiger partial charge in [-0.05, 0) is 59.7 Å². The zero-order chi connectivity index (χ0) is 32.3. The Bertz CT molecular complexity index is 2790. The minimum Gasteiger partial charge on any atom is -0.316 e. The van der Waals surface area contributed by atoms with Gasteiger partial charge in [0.05, 0.1) is 22.2 Å². The second kappa shape index (κ2) is 10.9. The number of rotatable bonds is 5. The van der Waals surface area contributed by atoms with Gasteiger partial charge in [0, 0.05) is 50.9 Å². The molecule has 0 fully saturated rings. The highest BCUT2D eigenvalue weighted by molar-refractivity contribution is 6.18. The highest BCUT2D eigenvalue weighted by atomic mass is 15.2. The molecule has 0 N–H and O–H groups in total. The van der Waals surface area contributed by atoms with Gasteiger partial charge in [-0.25, -0.2) is 4.98 Å². The molecule has 0 spiro atoms. The van der Waals surface area contributed by atoms with Crippen molar-refractivity contribution in [2.45, 2.75) is 0 Å². The summed E-state index contributed by atoms with van der Waals surface area (Å²) in [5.74, 6) is 0.636. The Morgan fingerprint density at radius 2 is 0.959 bits per heavy atom. The summed E-state index contributed by atoms with van der Waals surface area (Å²) in [7, 11) is 0. The Labute approximate surface area is 282 Å². The number of nitrogens with zero attached hydrogens (tertiary/aromatic N) is 5. The number of fused-ring (bicyclic) bond motifs is 6. The van der Waals surface area contributed by atoms with Gasteiger partial charge in [-0.1, -0.05) is 115 Å².